The van der Waals surface area contributed by atoms with Crippen molar-refractivity contribution in [2.45, 2.75) is 25.8 Å². The van der Waals surface area contributed by atoms with Gasteiger partial charge in [-0.25, -0.2) is 0 Å². The molecule has 0 N–H and O–H groups in total. The van der Waals surface area contributed by atoms with Gasteiger partial charge >= 0.3 is 0 Å². The summed E-state index contributed by atoms with van der Waals surface area (Å²) in [6, 6.07) is 4.54. The van der Waals surface area contributed by atoms with Crippen LogP contribution in [-0.2, 0) is 0 Å². The third kappa shape index (κ3) is 4.70. The van der Waals surface area contributed by atoms with Gasteiger partial charge in [-0.3, -0.25) is 4.98 Å². The van der Waals surface area contributed by atoms with Crippen molar-refractivity contribution in [1.29, 1.82) is 0 Å². The van der Waals surface area contributed by atoms with E-state index in [2.05, 4.69) is 16.9 Å². The van der Waals surface area contributed by atoms with E-state index in [1.165, 1.54) is 19.4 Å². The number of nitrogens with zero attached hydrogens (tertiary/aromatic N) is 2. The van der Waals surface area contributed by atoms with Crippen LogP contribution in [0.4, 0.5) is 0 Å². The fourth-order valence-electron chi connectivity index (χ4n) is 1.92. The van der Waals surface area contributed by atoms with Crippen molar-refractivity contribution in [1.82, 2.24) is 9.88 Å². The molecule has 0 bridgehead atoms. The molecule has 1 aliphatic rings. The van der Waals surface area contributed by atoms with Gasteiger partial charge in [0.25, 0.3) is 0 Å². The molecule has 1 fully saturated rings. The zero-order valence-corrected chi connectivity index (χ0v) is 11.9. The average Bonchev–Trinajstić information content (AvgIpc) is 2.63. The third-order valence-electron chi connectivity index (χ3n) is 3.00. The summed E-state index contributed by atoms with van der Waals surface area (Å²) >= 11 is 0. The van der Waals surface area contributed by atoms with Gasteiger partial charge in [0.15, 0.2) is 0 Å². The van der Waals surface area contributed by atoms with Gasteiger partial charge in [0, 0.05) is 11.7 Å². The average molecular weight is 279 g/mol. The molecule has 2 heterocycles. The number of likely N-dealkylation sites (tertiary alicyclic amines) is 1. The number of hydrogen-bond acceptors (Lipinski definition) is 3. The molecule has 1 atom stereocenters. The largest absolute Gasteiger partial charge is 0.490 e. The van der Waals surface area contributed by atoms with E-state index in [0.717, 1.165) is 18.1 Å². The first-order valence-electron chi connectivity index (χ1n) is 5.51. The van der Waals surface area contributed by atoms with E-state index in [9.17, 15) is 0 Å². The Kier molecular flexibility index (Phi) is 7.51. The Balaban J connectivity index is 0.00000128. The van der Waals surface area contributed by atoms with Gasteiger partial charge in [0.2, 0.25) is 0 Å². The third-order valence-corrected chi connectivity index (χ3v) is 3.00. The van der Waals surface area contributed by atoms with Crippen LogP contribution >= 0.6 is 24.8 Å². The molecule has 0 spiro atoms. The lowest BCUT2D eigenvalue weighted by Gasteiger charge is -2.19. The molecule has 98 valence electrons. The minimum absolute atomic E-state index is 0. The van der Waals surface area contributed by atoms with Crippen molar-refractivity contribution < 1.29 is 4.74 Å². The molecule has 5 heteroatoms. The fraction of sp³-hybridized carbons (Fsp3) is 0.583. The molecular formula is C12H20Cl2N2O. The topological polar surface area (TPSA) is 25.4 Å². The molecule has 1 aromatic rings. The minimum atomic E-state index is 0. The summed E-state index contributed by atoms with van der Waals surface area (Å²) in [6.45, 7) is 3.95. The highest BCUT2D eigenvalue weighted by molar-refractivity contribution is 5.85. The Morgan fingerprint density at radius 3 is 2.71 bits per heavy atom. The second kappa shape index (κ2) is 7.75. The Morgan fingerprint density at radius 2 is 2.18 bits per heavy atom. The predicted octanol–water partition coefficient (Wildman–Crippen LogP) is 2.71. The normalized spacial score (nSPS) is 19.3. The molecule has 0 radical (unpaired) electrons. The highest BCUT2D eigenvalue weighted by atomic mass is 35.5. The zero-order chi connectivity index (χ0) is 10.7. The molecule has 2 rings (SSSR count). The molecule has 0 amide bonds. The summed E-state index contributed by atoms with van der Waals surface area (Å²) in [5, 5.41) is 0. The van der Waals surface area contributed by atoms with Crippen LogP contribution < -0.4 is 4.74 Å². The van der Waals surface area contributed by atoms with Crippen LogP contribution in [0.1, 0.15) is 18.5 Å². The minimum Gasteiger partial charge on any atom is -0.490 e. The van der Waals surface area contributed by atoms with Crippen LogP contribution in [0.3, 0.4) is 0 Å². The molecule has 17 heavy (non-hydrogen) atoms. The van der Waals surface area contributed by atoms with Gasteiger partial charge in [-0.2, -0.15) is 0 Å². The van der Waals surface area contributed by atoms with Crippen molar-refractivity contribution in [2.24, 2.45) is 0 Å². The first-order chi connectivity index (χ1) is 7.25. The molecule has 1 aromatic heterocycles. The summed E-state index contributed by atoms with van der Waals surface area (Å²) in [4.78, 5) is 6.57. The zero-order valence-electron chi connectivity index (χ0n) is 10.3. The summed E-state index contributed by atoms with van der Waals surface area (Å²) < 4.78 is 5.71. The van der Waals surface area contributed by atoms with Crippen LogP contribution in [0.5, 0.6) is 5.75 Å². The Hall–Kier alpha value is -0.510. The Labute approximate surface area is 115 Å². The number of aryl methyl sites for hydroxylation is 1. The van der Waals surface area contributed by atoms with Gasteiger partial charge in [0.1, 0.15) is 12.4 Å². The molecule has 0 aromatic carbocycles. The van der Waals surface area contributed by atoms with Gasteiger partial charge in [-0.15, -0.1) is 24.8 Å². The van der Waals surface area contributed by atoms with Crippen molar-refractivity contribution in [3.63, 3.8) is 0 Å². The first kappa shape index (κ1) is 16.5. The van der Waals surface area contributed by atoms with Gasteiger partial charge in [-0.1, -0.05) is 0 Å². The highest BCUT2D eigenvalue weighted by Crippen LogP contribution is 2.16. The van der Waals surface area contributed by atoms with E-state index in [1.807, 2.05) is 19.1 Å². The number of pyridine rings is 1. The van der Waals surface area contributed by atoms with Crippen LogP contribution in [0.15, 0.2) is 18.3 Å². The standard InChI is InChI=1S/C12H18N2O.2ClH/c1-10-5-6-12(8-13-10)15-9-11-4-3-7-14(11)2;;/h5-6,8,11H,3-4,7,9H2,1-2H3;2*1H/t11-;;/m1../s1. The van der Waals surface area contributed by atoms with E-state index in [-0.39, 0.29) is 24.8 Å². The molecule has 0 aliphatic carbocycles. The summed E-state index contributed by atoms with van der Waals surface area (Å²) in [6.07, 6.45) is 4.33. The van der Waals surface area contributed by atoms with E-state index >= 15 is 0 Å². The van der Waals surface area contributed by atoms with Crippen molar-refractivity contribution in [3.8, 4) is 5.75 Å². The molecule has 1 saturated heterocycles. The second-order valence-corrected chi connectivity index (χ2v) is 4.22. The quantitative estimate of drug-likeness (QED) is 0.850. The lowest BCUT2D eigenvalue weighted by Crippen LogP contribution is -2.30. The number of ether oxygens (including phenoxy) is 1. The Bertz CT molecular complexity index is 319. The maximum absolute atomic E-state index is 5.71. The van der Waals surface area contributed by atoms with Crippen LogP contribution in [0.25, 0.3) is 0 Å². The Morgan fingerprint density at radius 1 is 1.41 bits per heavy atom. The number of rotatable bonds is 3. The fourth-order valence-corrected chi connectivity index (χ4v) is 1.92. The van der Waals surface area contributed by atoms with Crippen molar-refractivity contribution in [2.75, 3.05) is 20.2 Å². The monoisotopic (exact) mass is 278 g/mol. The van der Waals surface area contributed by atoms with Crippen LogP contribution in [0, 0.1) is 6.92 Å². The van der Waals surface area contributed by atoms with Gasteiger partial charge in [0.05, 0.1) is 6.20 Å². The van der Waals surface area contributed by atoms with Crippen LogP contribution in [-0.4, -0.2) is 36.1 Å². The first-order valence-corrected chi connectivity index (χ1v) is 5.51. The lowest BCUT2D eigenvalue weighted by molar-refractivity contribution is 0.198. The lowest BCUT2D eigenvalue weighted by atomic mass is 10.2. The SMILES string of the molecule is Cc1ccc(OC[C@H]2CCCN2C)cn1.Cl.Cl. The highest BCUT2D eigenvalue weighted by Gasteiger charge is 2.21. The molecular weight excluding hydrogens is 259 g/mol. The number of halogens is 2. The molecule has 3 nitrogen and oxygen atoms in total. The molecule has 0 unspecified atom stereocenters. The number of likely N-dealkylation sites (N-methyl/N-ethyl adjacent to an activating group) is 1. The van der Waals surface area contributed by atoms with E-state index < -0.39 is 0 Å². The van der Waals surface area contributed by atoms with E-state index in [4.69, 9.17) is 4.74 Å². The number of hydrogen-bond donors (Lipinski definition) is 0. The second-order valence-electron chi connectivity index (χ2n) is 4.22. The number of aromatic nitrogens is 1. The molecule has 1 aliphatic heterocycles. The van der Waals surface area contributed by atoms with Crippen molar-refractivity contribution >= 4 is 24.8 Å². The summed E-state index contributed by atoms with van der Waals surface area (Å²) in [7, 11) is 2.16. The molecule has 0 saturated carbocycles. The maximum atomic E-state index is 5.71. The smallest absolute Gasteiger partial charge is 0.137 e. The van der Waals surface area contributed by atoms with Crippen molar-refractivity contribution in [3.05, 3.63) is 24.0 Å². The van der Waals surface area contributed by atoms with E-state index in [0.29, 0.717) is 6.04 Å². The summed E-state index contributed by atoms with van der Waals surface area (Å²) in [5.74, 6) is 0.876. The van der Waals surface area contributed by atoms with Gasteiger partial charge in [-0.05, 0) is 45.5 Å². The van der Waals surface area contributed by atoms with E-state index in [1.54, 1.807) is 6.20 Å². The van der Waals surface area contributed by atoms with Crippen LogP contribution in [0.2, 0.25) is 0 Å². The maximum Gasteiger partial charge on any atom is 0.137 e. The summed E-state index contributed by atoms with van der Waals surface area (Å²) in [5.41, 5.74) is 1.03. The predicted molar refractivity (Wildman–Crippen MR) is 74.6 cm³/mol. The van der Waals surface area contributed by atoms with Gasteiger partial charge < -0.3 is 9.64 Å².